The number of allylic oxidation sites excluding steroid dienone is 2. The van der Waals surface area contributed by atoms with Gasteiger partial charge in [-0.3, -0.25) is 10.2 Å². The Morgan fingerprint density at radius 2 is 1.49 bits per heavy atom. The minimum atomic E-state index is -5.25. The molecule has 0 saturated carbocycles. The number of benzene rings is 2. The highest BCUT2D eigenvalue weighted by Gasteiger charge is 2.43. The first-order chi connectivity index (χ1) is 16.2. The van der Waals surface area contributed by atoms with Crippen molar-refractivity contribution in [2.75, 3.05) is 0 Å². The van der Waals surface area contributed by atoms with Crippen molar-refractivity contribution >= 4 is 17.6 Å². The second-order valence-corrected chi connectivity index (χ2v) is 7.72. The van der Waals surface area contributed by atoms with Gasteiger partial charge in [0.15, 0.2) is 0 Å². The molecule has 0 unspecified atom stereocenters. The molecule has 2 aromatic rings. The van der Waals surface area contributed by atoms with Gasteiger partial charge in [0.2, 0.25) is 0 Å². The van der Waals surface area contributed by atoms with E-state index in [2.05, 4.69) is 5.32 Å². The number of aromatic carboxylic acids is 1. The Morgan fingerprint density at radius 3 is 2.00 bits per heavy atom. The summed E-state index contributed by atoms with van der Waals surface area (Å²) >= 11 is 0. The zero-order chi connectivity index (χ0) is 26.1. The summed E-state index contributed by atoms with van der Waals surface area (Å²) in [6.07, 6.45) is -9.49. The maximum absolute atomic E-state index is 14.5. The molecule has 2 aromatic carbocycles. The molecule has 0 aliphatic heterocycles. The van der Waals surface area contributed by atoms with Crippen LogP contribution in [0, 0.1) is 11.2 Å². The normalized spacial score (nSPS) is 14.6. The highest BCUT2D eigenvalue weighted by Crippen LogP contribution is 2.39. The largest absolute Gasteiger partial charge is 0.478 e. The minimum Gasteiger partial charge on any atom is -0.478 e. The molecule has 0 spiro atoms. The van der Waals surface area contributed by atoms with E-state index in [0.717, 1.165) is 12.1 Å². The number of carboxylic acids is 1. The lowest BCUT2D eigenvalue weighted by Crippen LogP contribution is -2.31. The second kappa shape index (κ2) is 9.51. The molecule has 1 aliphatic carbocycles. The standard InChI is InChI=1S/C23H17F7N2O3/c24-16-10-11(21(34)35)8-9-12(16)19(31)13-4-1-2-7-17(13)32-20(33)18-14(22(25,26)27)5-3-6-15(18)23(28,29)30/h3,5-6,8-10,31H,1-2,4,7H2,(H,32,33)(H,34,35). The Balaban J connectivity index is 2.06. The molecule has 1 amide bonds. The average Bonchev–Trinajstić information content (AvgIpc) is 2.77. The summed E-state index contributed by atoms with van der Waals surface area (Å²) in [5.74, 6) is -4.12. The van der Waals surface area contributed by atoms with Crippen LogP contribution < -0.4 is 5.32 Å². The number of hydrogen-bond acceptors (Lipinski definition) is 3. The predicted molar refractivity (Wildman–Crippen MR) is 110 cm³/mol. The molecule has 0 atom stereocenters. The van der Waals surface area contributed by atoms with Gasteiger partial charge in [-0.15, -0.1) is 0 Å². The lowest BCUT2D eigenvalue weighted by atomic mass is 9.89. The quantitative estimate of drug-likeness (QED) is 0.337. The van der Waals surface area contributed by atoms with Gasteiger partial charge in [-0.2, -0.15) is 26.3 Å². The van der Waals surface area contributed by atoms with Crippen LogP contribution >= 0.6 is 0 Å². The van der Waals surface area contributed by atoms with Gasteiger partial charge in [0.05, 0.1) is 28.0 Å². The number of nitrogens with one attached hydrogen (secondary N) is 2. The molecule has 0 fully saturated rings. The van der Waals surface area contributed by atoms with Crippen molar-refractivity contribution in [3.63, 3.8) is 0 Å². The van der Waals surface area contributed by atoms with Gasteiger partial charge in [-0.25, -0.2) is 9.18 Å². The van der Waals surface area contributed by atoms with E-state index in [1.165, 1.54) is 0 Å². The summed E-state index contributed by atoms with van der Waals surface area (Å²) in [6, 6.07) is 4.04. The van der Waals surface area contributed by atoms with Crippen molar-refractivity contribution in [2.45, 2.75) is 38.0 Å². The molecule has 12 heteroatoms. The minimum absolute atomic E-state index is 0.0216. The third-order valence-electron chi connectivity index (χ3n) is 5.42. The molecule has 1 aliphatic rings. The lowest BCUT2D eigenvalue weighted by Gasteiger charge is -2.24. The monoisotopic (exact) mass is 502 g/mol. The zero-order valence-corrected chi connectivity index (χ0v) is 17.7. The van der Waals surface area contributed by atoms with Gasteiger partial charge in [-0.1, -0.05) is 6.07 Å². The Morgan fingerprint density at radius 1 is 0.914 bits per heavy atom. The smallest absolute Gasteiger partial charge is 0.417 e. The predicted octanol–water partition coefficient (Wildman–Crippen LogP) is 6.19. The van der Waals surface area contributed by atoms with Crippen LogP contribution in [0.3, 0.4) is 0 Å². The number of amides is 1. The van der Waals surface area contributed by atoms with E-state index in [1.807, 2.05) is 0 Å². The fourth-order valence-electron chi connectivity index (χ4n) is 3.80. The Labute approximate surface area is 193 Å². The Kier molecular flexibility index (Phi) is 7.04. The summed E-state index contributed by atoms with van der Waals surface area (Å²) in [6.45, 7) is 0. The van der Waals surface area contributed by atoms with Crippen LogP contribution in [-0.4, -0.2) is 22.7 Å². The van der Waals surface area contributed by atoms with E-state index in [1.54, 1.807) is 0 Å². The molecule has 5 nitrogen and oxygen atoms in total. The first-order valence-electron chi connectivity index (χ1n) is 10.1. The van der Waals surface area contributed by atoms with Crippen LogP contribution in [0.4, 0.5) is 30.7 Å². The Bertz CT molecular complexity index is 1200. The van der Waals surface area contributed by atoms with Gasteiger partial charge in [-0.05, 0) is 61.6 Å². The molecule has 35 heavy (non-hydrogen) atoms. The fraction of sp³-hybridized carbons (Fsp3) is 0.261. The van der Waals surface area contributed by atoms with E-state index in [-0.39, 0.29) is 35.2 Å². The molecule has 0 aromatic heterocycles. The van der Waals surface area contributed by atoms with Crippen molar-refractivity contribution in [1.29, 1.82) is 5.41 Å². The number of halogens is 7. The van der Waals surface area contributed by atoms with E-state index in [0.29, 0.717) is 37.1 Å². The average molecular weight is 502 g/mol. The first-order valence-corrected chi connectivity index (χ1v) is 10.1. The van der Waals surface area contributed by atoms with E-state index < -0.39 is 52.4 Å². The van der Waals surface area contributed by atoms with Gasteiger partial charge >= 0.3 is 18.3 Å². The molecule has 3 rings (SSSR count). The Hall–Kier alpha value is -3.70. The highest BCUT2D eigenvalue weighted by molar-refractivity contribution is 6.12. The number of rotatable bonds is 5. The van der Waals surface area contributed by atoms with Crippen molar-refractivity contribution < 1.29 is 45.4 Å². The van der Waals surface area contributed by atoms with Crippen LogP contribution in [0.2, 0.25) is 0 Å². The second-order valence-electron chi connectivity index (χ2n) is 7.72. The molecule has 0 radical (unpaired) electrons. The molecule has 3 N–H and O–H groups in total. The van der Waals surface area contributed by atoms with Crippen molar-refractivity contribution in [2.24, 2.45) is 0 Å². The SMILES string of the molecule is N=C(C1=C(NC(=O)c2c(C(F)(F)F)cccc2C(F)(F)F)CCCC1)c1ccc(C(=O)O)cc1F. The topological polar surface area (TPSA) is 90.3 Å². The summed E-state index contributed by atoms with van der Waals surface area (Å²) in [4.78, 5) is 23.8. The molecular weight excluding hydrogens is 485 g/mol. The third kappa shape index (κ3) is 5.52. The third-order valence-corrected chi connectivity index (χ3v) is 5.42. The van der Waals surface area contributed by atoms with Crippen molar-refractivity contribution in [3.8, 4) is 0 Å². The van der Waals surface area contributed by atoms with Crippen LogP contribution in [-0.2, 0) is 12.4 Å². The molecule has 0 bridgehead atoms. The number of hydrogen-bond donors (Lipinski definition) is 3. The molecule has 186 valence electrons. The highest BCUT2D eigenvalue weighted by atomic mass is 19.4. The van der Waals surface area contributed by atoms with Gasteiger partial charge in [0.1, 0.15) is 5.82 Å². The number of carbonyl (C=O) groups is 2. The van der Waals surface area contributed by atoms with Crippen LogP contribution in [0.1, 0.15) is 63.1 Å². The van der Waals surface area contributed by atoms with E-state index in [4.69, 9.17) is 10.5 Å². The number of carbonyl (C=O) groups excluding carboxylic acids is 1. The van der Waals surface area contributed by atoms with Gasteiger partial charge in [0.25, 0.3) is 5.91 Å². The molecule has 0 saturated heterocycles. The van der Waals surface area contributed by atoms with E-state index in [9.17, 15) is 40.3 Å². The lowest BCUT2D eigenvalue weighted by molar-refractivity contribution is -0.143. The number of alkyl halides is 6. The fourth-order valence-corrected chi connectivity index (χ4v) is 3.80. The van der Waals surface area contributed by atoms with Gasteiger partial charge < -0.3 is 10.4 Å². The first kappa shape index (κ1) is 25.9. The summed E-state index contributed by atoms with van der Waals surface area (Å²) in [7, 11) is 0. The summed E-state index contributed by atoms with van der Waals surface area (Å²) in [5.41, 5.74) is -6.38. The maximum atomic E-state index is 14.5. The van der Waals surface area contributed by atoms with Gasteiger partial charge in [0, 0.05) is 11.3 Å². The number of carboxylic acid groups (broad SMARTS) is 1. The maximum Gasteiger partial charge on any atom is 0.417 e. The molecular formula is C23H17F7N2O3. The summed E-state index contributed by atoms with van der Waals surface area (Å²) < 4.78 is 95.1. The van der Waals surface area contributed by atoms with E-state index >= 15 is 0 Å². The molecule has 0 heterocycles. The van der Waals surface area contributed by atoms with Crippen LogP contribution in [0.5, 0.6) is 0 Å². The van der Waals surface area contributed by atoms with Crippen LogP contribution in [0.15, 0.2) is 47.7 Å². The summed E-state index contributed by atoms with van der Waals surface area (Å²) in [5, 5.41) is 19.4. The zero-order valence-electron chi connectivity index (χ0n) is 17.7. The van der Waals surface area contributed by atoms with Crippen molar-refractivity contribution in [3.05, 3.63) is 81.3 Å². The van der Waals surface area contributed by atoms with Crippen LogP contribution in [0.25, 0.3) is 0 Å². The van der Waals surface area contributed by atoms with Crippen molar-refractivity contribution in [1.82, 2.24) is 5.32 Å².